The summed E-state index contributed by atoms with van der Waals surface area (Å²) in [6, 6.07) is 25.0. The highest BCUT2D eigenvalue weighted by Gasteiger charge is 2.22. The molecule has 1 heterocycles. The van der Waals surface area contributed by atoms with Crippen LogP contribution in [-0.4, -0.2) is 45.5 Å². The molecule has 3 aromatic rings. The Labute approximate surface area is 240 Å². The number of carboxylic acids is 1. The number of carbonyl (C=O) groups is 1. The maximum absolute atomic E-state index is 10.2. The van der Waals surface area contributed by atoms with E-state index >= 15 is 0 Å². The fourth-order valence-corrected chi connectivity index (χ4v) is 3.57. The molecule has 39 heavy (non-hydrogen) atoms. The van der Waals surface area contributed by atoms with Crippen LogP contribution in [0.1, 0.15) is 48.5 Å². The van der Waals surface area contributed by atoms with Crippen molar-refractivity contribution >= 4 is 40.9 Å². The Balaban J connectivity index is 0.000000233. The summed E-state index contributed by atoms with van der Waals surface area (Å²) in [4.78, 5) is 10.2. The lowest BCUT2D eigenvalue weighted by molar-refractivity contribution is 0.0697. The zero-order valence-corrected chi connectivity index (χ0v) is 23.7. The van der Waals surface area contributed by atoms with Gasteiger partial charge in [0, 0.05) is 24.4 Å². The van der Waals surface area contributed by atoms with Crippen molar-refractivity contribution in [1.82, 2.24) is 0 Å². The van der Waals surface area contributed by atoms with E-state index in [4.69, 9.17) is 41.4 Å². The maximum atomic E-state index is 10.2. The number of aryl methyl sites for hydroxylation is 1. The molecule has 1 fully saturated rings. The van der Waals surface area contributed by atoms with Crippen LogP contribution >= 0.6 is 24.4 Å². The standard InChI is InChI=1S/C16H22O3S.C7H6O2S.C7H6O2/c1-3-13(8-6-9-14-11-17-14)18-16(20)19-15-10-5-4-7-12(15)2;8-7(10)9-6-4-2-1-3-5-6;8-7(9)6-4-2-1-3-5-6/h4-5,7,10,13-14H,3,6,8-9,11H2,1-2H3;1-5H,(H,8,10);1-5H,(H,8,9)/t13?,14-;;/m0../s1. The second-order valence-electron chi connectivity index (χ2n) is 8.50. The molecule has 4 rings (SSSR count). The number of para-hydroxylation sites is 2. The zero-order chi connectivity index (χ0) is 28.5. The number of carboxylic acid groups (broad SMARTS) is 1. The molecule has 0 saturated carbocycles. The number of epoxide rings is 1. The molecule has 1 saturated heterocycles. The molecule has 208 valence electrons. The van der Waals surface area contributed by atoms with Crippen LogP contribution in [0.4, 0.5) is 0 Å². The van der Waals surface area contributed by atoms with Crippen molar-refractivity contribution in [3.63, 3.8) is 0 Å². The van der Waals surface area contributed by atoms with Gasteiger partial charge >= 0.3 is 16.4 Å². The number of hydrogen-bond donors (Lipinski definition) is 2. The van der Waals surface area contributed by atoms with E-state index in [1.54, 1.807) is 54.6 Å². The van der Waals surface area contributed by atoms with Crippen molar-refractivity contribution in [2.24, 2.45) is 0 Å². The minimum absolute atomic E-state index is 0.130. The Hall–Kier alpha value is -3.53. The molecule has 0 aliphatic carbocycles. The van der Waals surface area contributed by atoms with Gasteiger partial charge in [-0.3, -0.25) is 0 Å². The Morgan fingerprint density at radius 1 is 0.949 bits per heavy atom. The van der Waals surface area contributed by atoms with Crippen LogP contribution < -0.4 is 9.47 Å². The maximum Gasteiger partial charge on any atom is 0.358 e. The predicted octanol–water partition coefficient (Wildman–Crippen LogP) is 7.32. The molecule has 3 aromatic carbocycles. The normalized spacial score (nSPS) is 13.7. The Morgan fingerprint density at radius 2 is 1.54 bits per heavy atom. The molecule has 0 spiro atoms. The van der Waals surface area contributed by atoms with Crippen LogP contribution in [0, 0.1) is 6.92 Å². The molecule has 2 N–H and O–H groups in total. The summed E-state index contributed by atoms with van der Waals surface area (Å²) >= 11 is 9.49. The Bertz CT molecular complexity index is 1150. The average molecular weight is 571 g/mol. The second kappa shape index (κ2) is 17.9. The third-order valence-electron chi connectivity index (χ3n) is 5.43. The number of thiocarbonyl (C=S) groups is 2. The van der Waals surface area contributed by atoms with Crippen molar-refractivity contribution in [3.05, 3.63) is 96.1 Å². The van der Waals surface area contributed by atoms with Gasteiger partial charge in [-0.15, -0.1) is 0 Å². The number of ether oxygens (including phenoxy) is 4. The lowest BCUT2D eigenvalue weighted by Gasteiger charge is -2.18. The monoisotopic (exact) mass is 570 g/mol. The molecular formula is C30H34O7S2. The summed E-state index contributed by atoms with van der Waals surface area (Å²) in [5.41, 5.74) is 1.38. The largest absolute Gasteiger partial charge is 0.478 e. The van der Waals surface area contributed by atoms with Gasteiger partial charge in [0.05, 0.1) is 18.3 Å². The molecular weight excluding hydrogens is 536 g/mol. The number of aromatic carboxylic acids is 1. The smallest absolute Gasteiger partial charge is 0.358 e. The summed E-state index contributed by atoms with van der Waals surface area (Å²) in [6.45, 7) is 5.02. The van der Waals surface area contributed by atoms with Crippen LogP contribution in [0.15, 0.2) is 84.9 Å². The van der Waals surface area contributed by atoms with Gasteiger partial charge in [-0.05, 0) is 68.5 Å². The van der Waals surface area contributed by atoms with Crippen molar-refractivity contribution < 1.29 is 34.0 Å². The zero-order valence-electron chi connectivity index (χ0n) is 22.0. The van der Waals surface area contributed by atoms with E-state index in [9.17, 15) is 4.79 Å². The van der Waals surface area contributed by atoms with E-state index in [-0.39, 0.29) is 11.3 Å². The highest BCUT2D eigenvalue weighted by molar-refractivity contribution is 7.79. The third-order valence-corrected chi connectivity index (χ3v) is 5.69. The number of hydrogen-bond acceptors (Lipinski definition) is 7. The minimum Gasteiger partial charge on any atom is -0.478 e. The van der Waals surface area contributed by atoms with Gasteiger partial charge < -0.3 is 29.2 Å². The molecule has 1 aliphatic heterocycles. The van der Waals surface area contributed by atoms with Gasteiger partial charge in [0.1, 0.15) is 17.6 Å². The van der Waals surface area contributed by atoms with E-state index < -0.39 is 11.2 Å². The first-order valence-electron chi connectivity index (χ1n) is 12.6. The van der Waals surface area contributed by atoms with E-state index in [1.807, 2.05) is 37.3 Å². The molecule has 0 radical (unpaired) electrons. The van der Waals surface area contributed by atoms with Crippen molar-refractivity contribution in [2.45, 2.75) is 51.7 Å². The van der Waals surface area contributed by atoms with Crippen LogP contribution in [0.2, 0.25) is 0 Å². The SMILES string of the molecule is CCC(CCC[C@H]1CO1)OC(=S)Oc1ccccc1C.O=C(O)c1ccccc1.OC(=S)Oc1ccccc1. The van der Waals surface area contributed by atoms with E-state index in [1.165, 1.54) is 0 Å². The molecule has 1 unspecified atom stereocenters. The highest BCUT2D eigenvalue weighted by atomic mass is 32.1. The third kappa shape index (κ3) is 14.3. The molecule has 0 amide bonds. The van der Waals surface area contributed by atoms with Gasteiger partial charge in [-0.2, -0.15) is 0 Å². The highest BCUT2D eigenvalue weighted by Crippen LogP contribution is 2.20. The molecule has 9 heteroatoms. The summed E-state index contributed by atoms with van der Waals surface area (Å²) < 4.78 is 21.2. The van der Waals surface area contributed by atoms with Crippen molar-refractivity contribution in [2.75, 3.05) is 6.61 Å². The van der Waals surface area contributed by atoms with E-state index in [0.29, 0.717) is 17.4 Å². The lowest BCUT2D eigenvalue weighted by Crippen LogP contribution is -2.20. The number of aliphatic hydroxyl groups excluding tert-OH is 1. The first kappa shape index (κ1) is 31.7. The van der Waals surface area contributed by atoms with Gasteiger partial charge in [0.25, 0.3) is 0 Å². The summed E-state index contributed by atoms with van der Waals surface area (Å²) in [5.74, 6) is 0.435. The van der Waals surface area contributed by atoms with Gasteiger partial charge in [-0.1, -0.05) is 61.5 Å². The quantitative estimate of drug-likeness (QED) is 0.203. The van der Waals surface area contributed by atoms with Crippen LogP contribution in [-0.2, 0) is 9.47 Å². The van der Waals surface area contributed by atoms with Gasteiger partial charge in [-0.25, -0.2) is 4.79 Å². The van der Waals surface area contributed by atoms with Crippen LogP contribution in [0.5, 0.6) is 11.5 Å². The van der Waals surface area contributed by atoms with E-state index in [2.05, 4.69) is 19.1 Å². The van der Waals surface area contributed by atoms with Crippen molar-refractivity contribution in [3.8, 4) is 11.5 Å². The number of aliphatic hydroxyl groups is 1. The Kier molecular flexibility index (Phi) is 14.5. The summed E-state index contributed by atoms with van der Waals surface area (Å²) in [7, 11) is 0. The number of rotatable bonds is 9. The molecule has 0 bridgehead atoms. The topological polar surface area (TPSA) is 97.8 Å². The van der Waals surface area contributed by atoms with Gasteiger partial charge in [0.15, 0.2) is 0 Å². The first-order chi connectivity index (χ1) is 18.8. The minimum atomic E-state index is -0.879. The van der Waals surface area contributed by atoms with Crippen LogP contribution in [0.25, 0.3) is 0 Å². The average Bonchev–Trinajstić information content (AvgIpc) is 3.75. The van der Waals surface area contributed by atoms with E-state index in [0.717, 1.165) is 43.6 Å². The van der Waals surface area contributed by atoms with Crippen LogP contribution in [0.3, 0.4) is 0 Å². The fourth-order valence-electron chi connectivity index (χ4n) is 3.25. The lowest BCUT2D eigenvalue weighted by atomic mass is 10.1. The van der Waals surface area contributed by atoms with Gasteiger partial charge in [0.2, 0.25) is 0 Å². The molecule has 2 atom stereocenters. The molecule has 7 nitrogen and oxygen atoms in total. The summed E-state index contributed by atoms with van der Waals surface area (Å²) in [6.07, 6.45) is 4.77. The molecule has 0 aromatic heterocycles. The predicted molar refractivity (Wildman–Crippen MR) is 159 cm³/mol. The van der Waals surface area contributed by atoms with Crippen molar-refractivity contribution in [1.29, 1.82) is 0 Å². The Morgan fingerprint density at radius 3 is 2.05 bits per heavy atom. The molecule has 1 aliphatic rings. The fraction of sp³-hybridized carbons (Fsp3) is 0.300. The summed E-state index contributed by atoms with van der Waals surface area (Å²) in [5, 5.41) is 16.7. The first-order valence-corrected chi connectivity index (χ1v) is 13.4. The number of benzene rings is 3. The second-order valence-corrected chi connectivity index (χ2v) is 9.19.